The zero-order chi connectivity index (χ0) is 15.5. The predicted octanol–water partition coefficient (Wildman–Crippen LogP) is 3.89. The number of aromatic nitrogens is 2. The van der Waals surface area contributed by atoms with Crippen molar-refractivity contribution in [3.63, 3.8) is 0 Å². The molecule has 2 N–H and O–H groups in total. The summed E-state index contributed by atoms with van der Waals surface area (Å²) in [6, 6.07) is 7.56. The Bertz CT molecular complexity index is 808. The maximum atomic E-state index is 5.77. The van der Waals surface area contributed by atoms with Crippen molar-refractivity contribution in [1.82, 2.24) is 9.97 Å². The fourth-order valence-corrected chi connectivity index (χ4v) is 2.86. The van der Waals surface area contributed by atoms with Gasteiger partial charge >= 0.3 is 0 Å². The second-order valence-corrected chi connectivity index (χ2v) is 5.51. The topological polar surface area (TPSA) is 70.3 Å². The number of methoxy groups -OCH3 is 2. The van der Waals surface area contributed by atoms with E-state index >= 15 is 0 Å². The highest BCUT2D eigenvalue weighted by atomic mass is 35.5. The molecule has 0 aliphatic carbocycles. The molecule has 0 saturated carbocycles. The maximum Gasteiger partial charge on any atom is 0.161 e. The zero-order valence-electron chi connectivity index (χ0n) is 12.6. The Kier molecular flexibility index (Phi) is 5.41. The molecule has 0 aliphatic heterocycles. The van der Waals surface area contributed by atoms with Crippen LogP contribution >= 0.6 is 23.7 Å². The summed E-state index contributed by atoms with van der Waals surface area (Å²) in [5, 5.41) is 1.89. The van der Waals surface area contributed by atoms with Crippen molar-refractivity contribution >= 4 is 29.4 Å². The molecule has 2 aromatic heterocycles. The minimum absolute atomic E-state index is 0. The van der Waals surface area contributed by atoms with E-state index in [1.807, 2.05) is 29.6 Å². The van der Waals surface area contributed by atoms with Gasteiger partial charge in [0.25, 0.3) is 0 Å². The van der Waals surface area contributed by atoms with Crippen molar-refractivity contribution in [3.8, 4) is 33.3 Å². The van der Waals surface area contributed by atoms with Crippen molar-refractivity contribution in [1.29, 1.82) is 0 Å². The minimum atomic E-state index is 0. The second-order valence-electron chi connectivity index (χ2n) is 4.60. The van der Waals surface area contributed by atoms with E-state index in [4.69, 9.17) is 15.2 Å². The first-order chi connectivity index (χ1) is 10.7. The van der Waals surface area contributed by atoms with Crippen LogP contribution in [-0.4, -0.2) is 24.2 Å². The summed E-state index contributed by atoms with van der Waals surface area (Å²) >= 11 is 1.55. The number of ether oxygens (including phenoxy) is 2. The summed E-state index contributed by atoms with van der Waals surface area (Å²) in [5.41, 5.74) is 8.98. The highest BCUT2D eigenvalue weighted by Crippen LogP contribution is 2.33. The Morgan fingerprint density at radius 3 is 2.39 bits per heavy atom. The number of hydrogen-bond donors (Lipinski definition) is 1. The average molecular weight is 350 g/mol. The first-order valence-electron chi connectivity index (χ1n) is 6.60. The lowest BCUT2D eigenvalue weighted by Gasteiger charge is -2.09. The van der Waals surface area contributed by atoms with E-state index in [1.54, 1.807) is 38.0 Å². The van der Waals surface area contributed by atoms with Crippen LogP contribution in [-0.2, 0) is 0 Å². The van der Waals surface area contributed by atoms with E-state index in [1.165, 1.54) is 0 Å². The van der Waals surface area contributed by atoms with Crippen LogP contribution in [0.15, 0.2) is 42.0 Å². The smallest absolute Gasteiger partial charge is 0.161 e. The van der Waals surface area contributed by atoms with Gasteiger partial charge in [-0.3, -0.25) is 4.98 Å². The fourth-order valence-electron chi connectivity index (χ4n) is 2.10. The molecule has 0 saturated heterocycles. The standard InChI is InChI=1S/C16H15N3O2S.ClH/c1-20-14-4-3-10(5-15(14)21-2)12-7-18-8-13(19-12)16-6-11(17)9-22-16;/h3-9H,17H2,1-2H3;1H. The van der Waals surface area contributed by atoms with E-state index in [9.17, 15) is 0 Å². The summed E-state index contributed by atoms with van der Waals surface area (Å²) in [7, 11) is 3.22. The van der Waals surface area contributed by atoms with Gasteiger partial charge in [0.05, 0.1) is 42.9 Å². The number of rotatable bonds is 4. The van der Waals surface area contributed by atoms with Gasteiger partial charge in [-0.25, -0.2) is 4.98 Å². The third-order valence-electron chi connectivity index (χ3n) is 3.19. The molecule has 0 spiro atoms. The summed E-state index contributed by atoms with van der Waals surface area (Å²) in [4.78, 5) is 9.92. The van der Waals surface area contributed by atoms with Gasteiger partial charge in [0, 0.05) is 16.6 Å². The first kappa shape index (κ1) is 17.1. The Hall–Kier alpha value is -2.31. The van der Waals surface area contributed by atoms with Crippen LogP contribution in [0, 0.1) is 0 Å². The number of nitrogen functional groups attached to an aromatic ring is 1. The number of hydrogen-bond acceptors (Lipinski definition) is 6. The van der Waals surface area contributed by atoms with Crippen molar-refractivity contribution in [2.45, 2.75) is 0 Å². The highest BCUT2D eigenvalue weighted by molar-refractivity contribution is 7.14. The molecule has 2 heterocycles. The van der Waals surface area contributed by atoms with Gasteiger partial charge in [-0.15, -0.1) is 23.7 Å². The van der Waals surface area contributed by atoms with E-state index < -0.39 is 0 Å². The van der Waals surface area contributed by atoms with Crippen LogP contribution < -0.4 is 15.2 Å². The quantitative estimate of drug-likeness (QED) is 0.773. The van der Waals surface area contributed by atoms with Gasteiger partial charge < -0.3 is 15.2 Å². The molecule has 5 nitrogen and oxygen atoms in total. The van der Waals surface area contributed by atoms with Gasteiger partial charge in [0.2, 0.25) is 0 Å². The number of benzene rings is 1. The van der Waals surface area contributed by atoms with E-state index in [0.717, 1.165) is 27.5 Å². The molecule has 0 atom stereocenters. The first-order valence-corrected chi connectivity index (χ1v) is 7.48. The van der Waals surface area contributed by atoms with Gasteiger partial charge in [0.1, 0.15) is 0 Å². The van der Waals surface area contributed by atoms with Crippen LogP contribution in [0.25, 0.3) is 21.8 Å². The molecule has 23 heavy (non-hydrogen) atoms. The lowest BCUT2D eigenvalue weighted by atomic mass is 10.1. The van der Waals surface area contributed by atoms with Gasteiger partial charge in [0.15, 0.2) is 11.5 Å². The summed E-state index contributed by atoms with van der Waals surface area (Å²) < 4.78 is 10.6. The molecule has 1 aromatic carbocycles. The number of nitrogens with zero attached hydrogens (tertiary/aromatic N) is 2. The molecule has 0 amide bonds. The Morgan fingerprint density at radius 1 is 1.00 bits per heavy atom. The molecular weight excluding hydrogens is 334 g/mol. The van der Waals surface area contributed by atoms with E-state index in [0.29, 0.717) is 11.5 Å². The third kappa shape index (κ3) is 3.55. The third-order valence-corrected chi connectivity index (χ3v) is 4.16. The van der Waals surface area contributed by atoms with Crippen LogP contribution in [0.4, 0.5) is 5.69 Å². The monoisotopic (exact) mass is 349 g/mol. The van der Waals surface area contributed by atoms with Crippen LogP contribution in [0.1, 0.15) is 0 Å². The number of thiophene rings is 1. The molecule has 0 radical (unpaired) electrons. The molecule has 7 heteroatoms. The molecule has 120 valence electrons. The highest BCUT2D eigenvalue weighted by Gasteiger charge is 2.09. The van der Waals surface area contributed by atoms with Crippen LogP contribution in [0.3, 0.4) is 0 Å². The summed E-state index contributed by atoms with van der Waals surface area (Å²) in [5.74, 6) is 1.34. The molecule has 0 fully saturated rings. The molecular formula is C16H16ClN3O2S. The average Bonchev–Trinajstić information content (AvgIpc) is 3.01. The largest absolute Gasteiger partial charge is 0.493 e. The number of anilines is 1. The molecule has 0 unspecified atom stereocenters. The second kappa shape index (κ2) is 7.30. The van der Waals surface area contributed by atoms with E-state index in [2.05, 4.69) is 9.97 Å². The summed E-state index contributed by atoms with van der Waals surface area (Å²) in [6.45, 7) is 0. The molecule has 0 bridgehead atoms. The lowest BCUT2D eigenvalue weighted by Crippen LogP contribution is -1.93. The summed E-state index contributed by atoms with van der Waals surface area (Å²) in [6.07, 6.45) is 3.46. The van der Waals surface area contributed by atoms with Crippen molar-refractivity contribution in [2.24, 2.45) is 0 Å². The Morgan fingerprint density at radius 2 is 1.74 bits per heavy atom. The molecule has 3 aromatic rings. The van der Waals surface area contributed by atoms with Gasteiger partial charge in [-0.2, -0.15) is 0 Å². The van der Waals surface area contributed by atoms with Crippen molar-refractivity contribution < 1.29 is 9.47 Å². The van der Waals surface area contributed by atoms with Gasteiger partial charge in [-0.05, 0) is 24.3 Å². The number of halogens is 1. The van der Waals surface area contributed by atoms with Crippen LogP contribution in [0.2, 0.25) is 0 Å². The van der Waals surface area contributed by atoms with Crippen molar-refractivity contribution in [2.75, 3.05) is 20.0 Å². The van der Waals surface area contributed by atoms with Gasteiger partial charge in [-0.1, -0.05) is 0 Å². The molecule has 3 rings (SSSR count). The van der Waals surface area contributed by atoms with Crippen molar-refractivity contribution in [3.05, 3.63) is 42.0 Å². The maximum absolute atomic E-state index is 5.77. The number of nitrogens with two attached hydrogens (primary N) is 1. The lowest BCUT2D eigenvalue weighted by molar-refractivity contribution is 0.355. The SMILES string of the molecule is COc1ccc(-c2cncc(-c3cc(N)cs3)n2)cc1OC.Cl. The Balaban J connectivity index is 0.00000192. The predicted molar refractivity (Wildman–Crippen MR) is 95.5 cm³/mol. The molecule has 0 aliphatic rings. The minimum Gasteiger partial charge on any atom is -0.493 e. The fraction of sp³-hybridized carbons (Fsp3) is 0.125. The van der Waals surface area contributed by atoms with Crippen LogP contribution in [0.5, 0.6) is 11.5 Å². The van der Waals surface area contributed by atoms with E-state index in [-0.39, 0.29) is 12.4 Å². The normalized spacial score (nSPS) is 10.0. The zero-order valence-corrected chi connectivity index (χ0v) is 14.3. The Labute approximate surface area is 144 Å².